The smallest absolute Gasteiger partial charge is 0.141 e. The summed E-state index contributed by atoms with van der Waals surface area (Å²) in [5.74, 6) is 0.0415. The molecular weight excluding hydrogens is 292 g/mol. The summed E-state index contributed by atoms with van der Waals surface area (Å²) < 4.78 is 0. The lowest BCUT2D eigenvalue weighted by Crippen LogP contribution is -2.10. The topological polar surface area (TPSA) is 17.1 Å². The van der Waals surface area contributed by atoms with Gasteiger partial charge in [-0.05, 0) is 18.1 Å². The average Bonchev–Trinajstić information content (AvgIpc) is 2.70. The van der Waals surface area contributed by atoms with Crippen molar-refractivity contribution in [1.82, 2.24) is 0 Å². The molecule has 0 N–H and O–H groups in total. The van der Waals surface area contributed by atoms with Gasteiger partial charge >= 0.3 is 0 Å². The highest BCUT2D eigenvalue weighted by Crippen LogP contribution is 2.24. The lowest BCUT2D eigenvalue weighted by atomic mass is 9.88. The molecule has 0 saturated carbocycles. The molecule has 1 heteroatoms. The van der Waals surface area contributed by atoms with E-state index in [1.54, 1.807) is 6.92 Å². The van der Waals surface area contributed by atoms with Crippen molar-refractivity contribution in [2.45, 2.75) is 68.2 Å². The number of carbonyl (C=O) groups excluding carboxylic acids is 1. The van der Waals surface area contributed by atoms with Gasteiger partial charge in [0.15, 0.2) is 0 Å². The first-order valence-corrected chi connectivity index (χ1v) is 9.39. The van der Waals surface area contributed by atoms with E-state index in [9.17, 15) is 4.79 Å². The maximum atomic E-state index is 11.7. The monoisotopic (exact) mass is 330 g/mol. The van der Waals surface area contributed by atoms with Gasteiger partial charge in [-0.1, -0.05) is 116 Å². The van der Waals surface area contributed by atoms with E-state index in [0.717, 1.165) is 11.1 Å². The quantitative estimate of drug-likeness (QED) is 0.569. The van der Waals surface area contributed by atoms with E-state index in [0.29, 0.717) is 0 Å². The summed E-state index contributed by atoms with van der Waals surface area (Å²) in [7, 11) is 0. The molecular formula is C23H38O. The predicted molar refractivity (Wildman–Crippen MR) is 111 cm³/mol. The highest BCUT2D eigenvalue weighted by atomic mass is 16.1. The Bertz CT molecular complexity index is 420. The summed E-state index contributed by atoms with van der Waals surface area (Å²) in [5.41, 5.74) is 2.11. The van der Waals surface area contributed by atoms with Crippen molar-refractivity contribution in [2.75, 3.05) is 0 Å². The molecule has 0 saturated heterocycles. The number of hydrogen-bond donors (Lipinski definition) is 0. The molecule has 0 heterocycles. The summed E-state index contributed by atoms with van der Waals surface area (Å²) in [6.45, 7) is 17.6. The van der Waals surface area contributed by atoms with Gasteiger partial charge in [0.05, 0.1) is 5.92 Å². The highest BCUT2D eigenvalue weighted by molar-refractivity contribution is 5.86. The van der Waals surface area contributed by atoms with Crippen LogP contribution >= 0.6 is 0 Å². The summed E-state index contributed by atoms with van der Waals surface area (Å²) >= 11 is 0. The molecule has 0 radical (unpaired) electrons. The fourth-order valence-electron chi connectivity index (χ4n) is 1.95. The first kappa shape index (κ1) is 27.0. The third-order valence-corrected chi connectivity index (χ3v) is 2.67. The van der Waals surface area contributed by atoms with Gasteiger partial charge in [-0.2, -0.15) is 0 Å². The Morgan fingerprint density at radius 3 is 1.04 bits per heavy atom. The van der Waals surface area contributed by atoms with E-state index < -0.39 is 0 Å². The molecule has 0 fully saturated rings. The normalized spacial score (nSPS) is 7.92. The van der Waals surface area contributed by atoms with Crippen LogP contribution in [-0.2, 0) is 4.79 Å². The van der Waals surface area contributed by atoms with Crippen LogP contribution in [0.1, 0.15) is 79.4 Å². The molecule has 2 aromatic carbocycles. The van der Waals surface area contributed by atoms with Crippen LogP contribution in [0.15, 0.2) is 60.7 Å². The molecule has 2 aromatic rings. The largest absolute Gasteiger partial charge is 0.299 e. The summed E-state index contributed by atoms with van der Waals surface area (Å²) in [6.07, 6.45) is 0. The second-order valence-electron chi connectivity index (χ2n) is 3.87. The van der Waals surface area contributed by atoms with Crippen LogP contribution < -0.4 is 0 Å². The first-order valence-electron chi connectivity index (χ1n) is 9.39. The van der Waals surface area contributed by atoms with E-state index in [1.807, 2.05) is 116 Å². The number of benzene rings is 2. The van der Waals surface area contributed by atoms with Gasteiger partial charge in [-0.25, -0.2) is 0 Å². The van der Waals surface area contributed by atoms with Crippen molar-refractivity contribution < 1.29 is 4.79 Å². The Balaban J connectivity index is -0.000000484. The van der Waals surface area contributed by atoms with Crippen LogP contribution in [0, 0.1) is 0 Å². The molecule has 0 aliphatic carbocycles. The van der Waals surface area contributed by atoms with Crippen molar-refractivity contribution in [1.29, 1.82) is 0 Å². The molecule has 2 rings (SSSR count). The van der Waals surface area contributed by atoms with E-state index >= 15 is 0 Å². The number of ketones is 1. The maximum Gasteiger partial charge on any atom is 0.141 e. The van der Waals surface area contributed by atoms with Gasteiger partial charge in [-0.15, -0.1) is 0 Å². The van der Waals surface area contributed by atoms with E-state index in [-0.39, 0.29) is 11.7 Å². The molecule has 0 aromatic heterocycles. The molecule has 0 aliphatic heterocycles. The highest BCUT2D eigenvalue weighted by Gasteiger charge is 2.17. The standard InChI is InChI=1S/C15H14O.4C2H6/c1-12(16)15(13-8-4-2-5-9-13)14-10-6-3-7-11-14;4*1-2/h2-11,15H,1H3;4*1-2H3. The minimum absolute atomic E-state index is 0.137. The van der Waals surface area contributed by atoms with Crippen molar-refractivity contribution in [3.05, 3.63) is 71.8 Å². The van der Waals surface area contributed by atoms with E-state index in [4.69, 9.17) is 0 Å². The van der Waals surface area contributed by atoms with Crippen LogP contribution in [0.2, 0.25) is 0 Å². The van der Waals surface area contributed by atoms with E-state index in [1.165, 1.54) is 0 Å². The Morgan fingerprint density at radius 2 is 0.833 bits per heavy atom. The maximum absolute atomic E-state index is 11.7. The SMILES string of the molecule is CC.CC.CC.CC.CC(=O)C(c1ccccc1)c1ccccc1. The minimum atomic E-state index is -0.137. The van der Waals surface area contributed by atoms with Crippen molar-refractivity contribution in [3.63, 3.8) is 0 Å². The van der Waals surface area contributed by atoms with Gasteiger partial charge in [0.2, 0.25) is 0 Å². The van der Waals surface area contributed by atoms with Gasteiger partial charge in [0.1, 0.15) is 5.78 Å². The number of hydrogen-bond acceptors (Lipinski definition) is 1. The van der Waals surface area contributed by atoms with Gasteiger partial charge in [0.25, 0.3) is 0 Å². The fraction of sp³-hybridized carbons (Fsp3) is 0.435. The molecule has 0 unspecified atom stereocenters. The van der Waals surface area contributed by atoms with Crippen LogP contribution in [0.3, 0.4) is 0 Å². The molecule has 136 valence electrons. The van der Waals surface area contributed by atoms with E-state index in [2.05, 4.69) is 0 Å². The summed E-state index contributed by atoms with van der Waals surface area (Å²) in [5, 5.41) is 0. The number of rotatable bonds is 3. The van der Waals surface area contributed by atoms with Crippen molar-refractivity contribution in [3.8, 4) is 0 Å². The van der Waals surface area contributed by atoms with Crippen LogP contribution in [0.5, 0.6) is 0 Å². The third-order valence-electron chi connectivity index (χ3n) is 2.67. The zero-order valence-corrected chi connectivity index (χ0v) is 17.3. The Kier molecular flexibility index (Phi) is 23.7. The number of Topliss-reactive ketones (excluding diaryl/α,β-unsaturated/α-hetero) is 1. The summed E-state index contributed by atoms with van der Waals surface area (Å²) in [6, 6.07) is 19.8. The second-order valence-corrected chi connectivity index (χ2v) is 3.87. The van der Waals surface area contributed by atoms with Crippen molar-refractivity contribution >= 4 is 5.78 Å². The molecule has 1 nitrogen and oxygen atoms in total. The molecule has 0 aliphatic rings. The predicted octanol–water partition coefficient (Wildman–Crippen LogP) is 7.51. The Labute approximate surface area is 151 Å². The third kappa shape index (κ3) is 10.8. The van der Waals surface area contributed by atoms with Crippen LogP contribution in [-0.4, -0.2) is 5.78 Å². The minimum Gasteiger partial charge on any atom is -0.299 e. The van der Waals surface area contributed by atoms with Crippen molar-refractivity contribution in [2.24, 2.45) is 0 Å². The molecule has 0 bridgehead atoms. The lowest BCUT2D eigenvalue weighted by molar-refractivity contribution is -0.117. The Morgan fingerprint density at radius 1 is 0.583 bits per heavy atom. The average molecular weight is 331 g/mol. The summed E-state index contributed by atoms with van der Waals surface area (Å²) in [4.78, 5) is 11.7. The zero-order chi connectivity index (χ0) is 19.4. The molecule has 0 spiro atoms. The van der Waals surface area contributed by atoms with Crippen LogP contribution in [0.4, 0.5) is 0 Å². The van der Waals surface area contributed by atoms with Gasteiger partial charge < -0.3 is 0 Å². The van der Waals surface area contributed by atoms with Gasteiger partial charge in [-0.3, -0.25) is 4.79 Å². The lowest BCUT2D eigenvalue weighted by Gasteiger charge is -2.14. The fourth-order valence-corrected chi connectivity index (χ4v) is 1.95. The molecule has 0 amide bonds. The second kappa shape index (κ2) is 21.1. The number of carbonyl (C=O) groups is 1. The molecule has 0 atom stereocenters. The van der Waals surface area contributed by atoms with Gasteiger partial charge in [0, 0.05) is 0 Å². The first-order chi connectivity index (χ1) is 11.8. The van der Waals surface area contributed by atoms with Crippen LogP contribution in [0.25, 0.3) is 0 Å². The zero-order valence-electron chi connectivity index (χ0n) is 17.3. The molecule has 24 heavy (non-hydrogen) atoms. The Hall–Kier alpha value is -1.89.